The molecule has 3 aromatic rings. The van der Waals surface area contributed by atoms with Gasteiger partial charge in [-0.3, -0.25) is 9.69 Å². The summed E-state index contributed by atoms with van der Waals surface area (Å²) in [6, 6.07) is 15.1. The summed E-state index contributed by atoms with van der Waals surface area (Å²) >= 11 is 6.44. The van der Waals surface area contributed by atoms with Crippen molar-refractivity contribution in [1.29, 1.82) is 0 Å². The number of hydrogen-bond donors (Lipinski definition) is 0. The molecule has 3 aliphatic heterocycles. The third-order valence-electron chi connectivity index (χ3n) is 9.81. The van der Waals surface area contributed by atoms with Crippen molar-refractivity contribution in [2.45, 2.75) is 51.0 Å². The van der Waals surface area contributed by atoms with Gasteiger partial charge in [-0.05, 0) is 68.5 Å². The van der Waals surface area contributed by atoms with Crippen molar-refractivity contribution in [3.63, 3.8) is 0 Å². The molecule has 0 N–H and O–H groups in total. The monoisotopic (exact) mass is 682 g/mol. The second kappa shape index (κ2) is 14.0. The number of anilines is 1. The van der Waals surface area contributed by atoms with Gasteiger partial charge in [-0.25, -0.2) is 17.9 Å². The maximum atomic E-state index is 13.7. The van der Waals surface area contributed by atoms with Crippen molar-refractivity contribution in [3.8, 4) is 5.69 Å². The Balaban J connectivity index is 1.04. The first-order valence-electron chi connectivity index (χ1n) is 16.3. The number of aryl methyl sites for hydroxylation is 1. The number of rotatable bonds is 9. The number of aromatic nitrogens is 2. The van der Waals surface area contributed by atoms with Gasteiger partial charge in [0.25, 0.3) is 0 Å². The van der Waals surface area contributed by atoms with E-state index >= 15 is 0 Å². The van der Waals surface area contributed by atoms with Crippen LogP contribution in [0.3, 0.4) is 0 Å². The number of carbonyl (C=O) groups is 2. The van der Waals surface area contributed by atoms with Gasteiger partial charge in [-0.2, -0.15) is 9.40 Å². The molecule has 2 aromatic carbocycles. The van der Waals surface area contributed by atoms with Crippen LogP contribution in [0.1, 0.15) is 37.4 Å². The molecule has 47 heavy (non-hydrogen) atoms. The molecule has 2 atom stereocenters. The maximum absolute atomic E-state index is 13.7. The van der Waals surface area contributed by atoms with Crippen molar-refractivity contribution < 1.29 is 22.7 Å². The van der Waals surface area contributed by atoms with Crippen LogP contribution in [0.2, 0.25) is 5.02 Å². The zero-order valence-electron chi connectivity index (χ0n) is 27.2. The van der Waals surface area contributed by atoms with Crippen molar-refractivity contribution in [1.82, 2.24) is 23.9 Å². The van der Waals surface area contributed by atoms with Crippen LogP contribution in [0, 0.1) is 25.7 Å². The number of nitrogens with zero attached hydrogens (tertiary/aromatic N) is 6. The highest BCUT2D eigenvalue weighted by Gasteiger charge is 2.45. The van der Waals surface area contributed by atoms with Crippen LogP contribution in [-0.2, 0) is 19.6 Å². The first-order valence-corrected chi connectivity index (χ1v) is 18.2. The fourth-order valence-electron chi connectivity index (χ4n) is 7.07. The molecular formula is C34H43ClN6O5S. The zero-order chi connectivity index (χ0) is 33.3. The van der Waals surface area contributed by atoms with Gasteiger partial charge in [-0.15, -0.1) is 0 Å². The minimum absolute atomic E-state index is 0.0389. The highest BCUT2D eigenvalue weighted by Crippen LogP contribution is 2.35. The summed E-state index contributed by atoms with van der Waals surface area (Å²) in [5.74, 6) is 0.552. The molecule has 252 valence electrons. The molecule has 2 unspecified atom stereocenters. The van der Waals surface area contributed by atoms with Crippen molar-refractivity contribution >= 4 is 39.3 Å². The third-order valence-corrected chi connectivity index (χ3v) is 12.2. The van der Waals surface area contributed by atoms with E-state index in [2.05, 4.69) is 10.00 Å². The van der Waals surface area contributed by atoms with Crippen LogP contribution in [0.5, 0.6) is 0 Å². The summed E-state index contributed by atoms with van der Waals surface area (Å²) in [5, 5.41) is 4.97. The lowest BCUT2D eigenvalue weighted by atomic mass is 10.0. The summed E-state index contributed by atoms with van der Waals surface area (Å²) in [7, 11) is -3.67. The second-order valence-electron chi connectivity index (χ2n) is 13.0. The Bertz CT molecular complexity index is 1690. The van der Waals surface area contributed by atoms with Crippen LogP contribution in [0.15, 0.2) is 59.6 Å². The molecule has 3 aliphatic rings. The molecule has 2 amide bonds. The highest BCUT2D eigenvalue weighted by atomic mass is 35.5. The van der Waals surface area contributed by atoms with Gasteiger partial charge in [0.05, 0.1) is 17.6 Å². The fraction of sp³-hybridized carbons (Fsp3) is 0.500. The molecule has 3 saturated heterocycles. The lowest BCUT2D eigenvalue weighted by Crippen LogP contribution is -2.43. The minimum atomic E-state index is -3.67. The molecule has 0 saturated carbocycles. The number of hydrogen-bond acceptors (Lipinski definition) is 7. The lowest BCUT2D eigenvalue weighted by molar-refractivity contribution is -0.130. The zero-order valence-corrected chi connectivity index (χ0v) is 28.8. The number of amides is 2. The summed E-state index contributed by atoms with van der Waals surface area (Å²) in [6.07, 6.45) is 2.78. The van der Waals surface area contributed by atoms with Crippen LogP contribution in [0.4, 0.5) is 10.5 Å². The number of ether oxygens (including phenoxy) is 1. The normalized spacial score (nSPS) is 20.8. The SMILES string of the molecule is CC(=O)N1CCC(OC(=O)N(CCCN2CC3CN(S(=O)(=O)c4cnn(-c5ccccc5)c4C)CC3C2)c2ccc(C)c(Cl)c2)CC1. The number of benzene rings is 2. The third kappa shape index (κ3) is 7.20. The largest absolute Gasteiger partial charge is 0.446 e. The minimum Gasteiger partial charge on any atom is -0.446 e. The van der Waals surface area contributed by atoms with Crippen molar-refractivity contribution in [2.24, 2.45) is 11.8 Å². The van der Waals surface area contributed by atoms with E-state index in [9.17, 15) is 18.0 Å². The topological polar surface area (TPSA) is 108 Å². The summed E-state index contributed by atoms with van der Waals surface area (Å²) in [4.78, 5) is 31.2. The number of para-hydroxylation sites is 1. The Morgan fingerprint density at radius 3 is 2.32 bits per heavy atom. The van der Waals surface area contributed by atoms with Gasteiger partial charge in [0, 0.05) is 76.3 Å². The standard InChI is InChI=1S/C34H43ClN6O5S/c1-24-10-11-30(18-32(24)35)40(34(43)46-31-12-16-38(17-13-31)26(3)42)15-7-14-37-20-27-22-39(23-28(27)21-37)47(44,45)33-19-36-41(25(33)2)29-8-5-4-6-9-29/h4-6,8-11,18-19,27-28,31H,7,12-17,20-23H2,1-3H3. The number of likely N-dealkylation sites (tertiary alicyclic amines) is 2. The summed E-state index contributed by atoms with van der Waals surface area (Å²) in [6.45, 7) is 10.3. The molecule has 3 fully saturated rings. The first-order chi connectivity index (χ1) is 22.5. The predicted octanol–water partition coefficient (Wildman–Crippen LogP) is 4.74. The lowest BCUT2D eigenvalue weighted by Gasteiger charge is -2.32. The Hall–Kier alpha value is -3.45. The van der Waals surface area contributed by atoms with E-state index in [1.165, 1.54) is 6.20 Å². The predicted molar refractivity (Wildman–Crippen MR) is 180 cm³/mol. The Morgan fingerprint density at radius 1 is 1.00 bits per heavy atom. The Labute approximate surface area is 282 Å². The second-order valence-corrected chi connectivity index (χ2v) is 15.3. The van der Waals surface area contributed by atoms with E-state index in [4.69, 9.17) is 16.3 Å². The van der Waals surface area contributed by atoms with E-state index in [-0.39, 0.29) is 28.7 Å². The van der Waals surface area contributed by atoms with Gasteiger partial charge in [0.15, 0.2) is 0 Å². The van der Waals surface area contributed by atoms with Gasteiger partial charge in [0.2, 0.25) is 15.9 Å². The van der Waals surface area contributed by atoms with Crippen molar-refractivity contribution in [2.75, 3.05) is 57.3 Å². The number of fused-ring (bicyclic) bond motifs is 1. The Kier molecular flexibility index (Phi) is 9.93. The molecule has 4 heterocycles. The van der Waals surface area contributed by atoms with E-state index in [1.54, 1.807) is 38.7 Å². The molecule has 6 rings (SSSR count). The average Bonchev–Trinajstić information content (AvgIpc) is 3.75. The number of sulfonamides is 1. The molecule has 13 heteroatoms. The van der Waals surface area contributed by atoms with Crippen LogP contribution < -0.4 is 4.90 Å². The Morgan fingerprint density at radius 2 is 1.68 bits per heavy atom. The van der Waals surface area contributed by atoms with Crippen LogP contribution in [-0.4, -0.2) is 103 Å². The average molecular weight is 683 g/mol. The highest BCUT2D eigenvalue weighted by molar-refractivity contribution is 7.89. The van der Waals surface area contributed by atoms with Crippen molar-refractivity contribution in [3.05, 3.63) is 71.0 Å². The fourth-order valence-corrected chi connectivity index (χ4v) is 8.93. The molecule has 0 radical (unpaired) electrons. The summed E-state index contributed by atoms with van der Waals surface area (Å²) < 4.78 is 36.6. The number of halogens is 1. The molecule has 0 aliphatic carbocycles. The maximum Gasteiger partial charge on any atom is 0.414 e. The molecule has 0 bridgehead atoms. The van der Waals surface area contributed by atoms with Gasteiger partial charge in [0.1, 0.15) is 11.0 Å². The number of piperidine rings is 1. The van der Waals surface area contributed by atoms with Gasteiger partial charge < -0.3 is 14.5 Å². The van der Waals surface area contributed by atoms with E-state index in [0.717, 1.165) is 37.3 Å². The molecule has 1 aromatic heterocycles. The van der Waals surface area contributed by atoms with E-state index < -0.39 is 16.1 Å². The number of carbonyl (C=O) groups excluding carboxylic acids is 2. The quantitative estimate of drug-likeness (QED) is 0.321. The smallest absolute Gasteiger partial charge is 0.414 e. The van der Waals surface area contributed by atoms with E-state index in [0.29, 0.717) is 62.0 Å². The molecule has 0 spiro atoms. The molecule has 11 nitrogen and oxygen atoms in total. The van der Waals surface area contributed by atoms with Gasteiger partial charge >= 0.3 is 6.09 Å². The van der Waals surface area contributed by atoms with E-state index in [1.807, 2.05) is 49.4 Å². The summed E-state index contributed by atoms with van der Waals surface area (Å²) in [5.41, 5.74) is 3.05. The van der Waals surface area contributed by atoms with Gasteiger partial charge in [-0.1, -0.05) is 35.9 Å². The van der Waals surface area contributed by atoms with Crippen LogP contribution >= 0.6 is 11.6 Å². The first kappa shape index (κ1) is 33.5. The van der Waals surface area contributed by atoms with Crippen LogP contribution in [0.25, 0.3) is 5.69 Å². The molecular weight excluding hydrogens is 640 g/mol.